The number of rotatable bonds is 5. The molecule has 27 heavy (non-hydrogen) atoms. The minimum atomic E-state index is -0.254. The van der Waals surface area contributed by atoms with Crippen LogP contribution in [0.4, 0.5) is 4.39 Å². The molecule has 0 aliphatic rings. The third-order valence-electron chi connectivity index (χ3n) is 3.98. The van der Waals surface area contributed by atoms with Crippen LogP contribution in [-0.4, -0.2) is 21.2 Å². The fraction of sp³-hybridized carbons (Fsp3) is 0.0476. The summed E-state index contributed by atoms with van der Waals surface area (Å²) in [5.41, 5.74) is 3.58. The zero-order valence-electron chi connectivity index (χ0n) is 14.5. The summed E-state index contributed by atoms with van der Waals surface area (Å²) >= 11 is 3.15. The predicted molar refractivity (Wildman–Crippen MR) is 110 cm³/mol. The van der Waals surface area contributed by atoms with Gasteiger partial charge >= 0.3 is 0 Å². The second-order valence-corrected chi connectivity index (χ2v) is 7.66. The van der Waals surface area contributed by atoms with Gasteiger partial charge in [-0.05, 0) is 54.8 Å². The lowest BCUT2D eigenvalue weighted by Gasteiger charge is -2.06. The Labute approximate surface area is 165 Å². The zero-order valence-corrected chi connectivity index (χ0v) is 16.2. The van der Waals surface area contributed by atoms with Crippen LogP contribution in [0.2, 0.25) is 0 Å². The van der Waals surface area contributed by atoms with E-state index < -0.39 is 0 Å². The number of aromatic amines is 1. The molecule has 1 N–H and O–H groups in total. The van der Waals surface area contributed by atoms with Crippen molar-refractivity contribution in [2.75, 3.05) is 6.26 Å². The molecule has 0 bridgehead atoms. The Hall–Kier alpha value is -2.57. The summed E-state index contributed by atoms with van der Waals surface area (Å²) in [7, 11) is 0. The van der Waals surface area contributed by atoms with Gasteiger partial charge < -0.3 is 4.98 Å². The topological polar surface area (TPSA) is 41.6 Å². The molecule has 0 radical (unpaired) electrons. The molecule has 0 saturated heterocycles. The van der Waals surface area contributed by atoms with Crippen LogP contribution in [0.3, 0.4) is 0 Å². The lowest BCUT2D eigenvalue weighted by atomic mass is 10.1. The maximum absolute atomic E-state index is 13.3. The highest BCUT2D eigenvalue weighted by atomic mass is 32.2. The fourth-order valence-electron chi connectivity index (χ4n) is 2.70. The summed E-state index contributed by atoms with van der Waals surface area (Å²) in [5.74, 6) is -0.254. The molecule has 2 aromatic carbocycles. The van der Waals surface area contributed by atoms with Gasteiger partial charge in [0.05, 0.1) is 11.4 Å². The third kappa shape index (κ3) is 4.07. The van der Waals surface area contributed by atoms with Crippen molar-refractivity contribution in [3.8, 4) is 22.5 Å². The Morgan fingerprint density at radius 1 is 0.926 bits per heavy atom. The van der Waals surface area contributed by atoms with Crippen molar-refractivity contribution in [2.24, 2.45) is 0 Å². The smallest absolute Gasteiger partial charge is 0.166 e. The van der Waals surface area contributed by atoms with Crippen LogP contribution >= 0.6 is 23.5 Å². The van der Waals surface area contributed by atoms with E-state index in [9.17, 15) is 4.39 Å². The van der Waals surface area contributed by atoms with Gasteiger partial charge in [-0.3, -0.25) is 0 Å². The molecule has 3 nitrogen and oxygen atoms in total. The Balaban J connectivity index is 1.74. The molecule has 6 heteroatoms. The summed E-state index contributed by atoms with van der Waals surface area (Å²) < 4.78 is 13.3. The molecule has 0 fully saturated rings. The fourth-order valence-corrected chi connectivity index (χ4v) is 3.93. The molecule has 0 amide bonds. The number of pyridine rings is 1. The molecule has 4 aromatic rings. The van der Waals surface area contributed by atoms with Gasteiger partial charge in [-0.1, -0.05) is 41.7 Å². The van der Waals surface area contributed by atoms with E-state index >= 15 is 0 Å². The molecule has 4 rings (SSSR count). The van der Waals surface area contributed by atoms with Gasteiger partial charge in [-0.2, -0.15) is 0 Å². The number of thioether (sulfide) groups is 1. The van der Waals surface area contributed by atoms with Gasteiger partial charge in [0.15, 0.2) is 5.16 Å². The number of nitrogens with zero attached hydrogens (tertiary/aromatic N) is 2. The number of halogens is 1. The van der Waals surface area contributed by atoms with E-state index in [0.717, 1.165) is 37.6 Å². The van der Waals surface area contributed by atoms with E-state index in [1.807, 2.05) is 36.6 Å². The van der Waals surface area contributed by atoms with Crippen molar-refractivity contribution in [1.82, 2.24) is 15.0 Å². The largest absolute Gasteiger partial charge is 0.332 e. The average molecular weight is 394 g/mol. The van der Waals surface area contributed by atoms with E-state index in [4.69, 9.17) is 4.98 Å². The van der Waals surface area contributed by atoms with Gasteiger partial charge in [0, 0.05) is 22.2 Å². The van der Waals surface area contributed by atoms with Crippen molar-refractivity contribution in [2.45, 2.75) is 15.1 Å². The second kappa shape index (κ2) is 7.98. The van der Waals surface area contributed by atoms with Crippen LogP contribution in [-0.2, 0) is 0 Å². The number of H-pyrrole nitrogens is 1. The summed E-state index contributed by atoms with van der Waals surface area (Å²) in [6.07, 6.45) is 3.77. The van der Waals surface area contributed by atoms with Crippen molar-refractivity contribution < 1.29 is 4.39 Å². The van der Waals surface area contributed by atoms with Crippen LogP contribution in [0.25, 0.3) is 22.5 Å². The summed E-state index contributed by atoms with van der Waals surface area (Å²) in [6.45, 7) is 0. The first-order valence-corrected chi connectivity index (χ1v) is 10.4. The molecule has 0 unspecified atom stereocenters. The highest BCUT2D eigenvalue weighted by Crippen LogP contribution is 2.34. The summed E-state index contributed by atoms with van der Waals surface area (Å²) in [4.78, 5) is 13.7. The number of benzene rings is 2. The molecule has 0 aliphatic carbocycles. The van der Waals surface area contributed by atoms with Gasteiger partial charge in [0.25, 0.3) is 0 Å². The van der Waals surface area contributed by atoms with Crippen LogP contribution in [0.5, 0.6) is 0 Å². The molecule has 2 heterocycles. The van der Waals surface area contributed by atoms with E-state index in [1.165, 1.54) is 12.1 Å². The van der Waals surface area contributed by atoms with Gasteiger partial charge in [-0.15, -0.1) is 0 Å². The molecule has 134 valence electrons. The predicted octanol–water partition coefficient (Wildman–Crippen LogP) is 6.15. The first-order chi connectivity index (χ1) is 13.2. The van der Waals surface area contributed by atoms with Gasteiger partial charge in [0.2, 0.25) is 0 Å². The maximum atomic E-state index is 13.3. The second-order valence-electron chi connectivity index (χ2n) is 5.77. The number of hydrogen-bond acceptors (Lipinski definition) is 4. The monoisotopic (exact) mass is 393 g/mol. The normalized spacial score (nSPS) is 10.9. The summed E-state index contributed by atoms with van der Waals surface area (Å²) in [5, 5.41) is 1.72. The molecule has 0 atom stereocenters. The third-order valence-corrected chi connectivity index (χ3v) is 5.50. The van der Waals surface area contributed by atoms with E-state index in [1.54, 1.807) is 41.9 Å². The van der Waals surface area contributed by atoms with Crippen molar-refractivity contribution in [1.29, 1.82) is 0 Å². The lowest BCUT2D eigenvalue weighted by molar-refractivity contribution is 0.628. The standard InChI is InChI=1S/C21H16FN3S2/c1-26-21-24-19(14-7-9-16(22)10-8-14)20(25-21)15-11-12-23-18(13-15)27-17-5-3-2-4-6-17/h2-13H,1H3,(H,24,25). The first-order valence-electron chi connectivity index (χ1n) is 8.32. The number of nitrogens with one attached hydrogen (secondary N) is 1. The number of hydrogen-bond donors (Lipinski definition) is 1. The molecule has 0 saturated carbocycles. The van der Waals surface area contributed by atoms with Gasteiger partial charge in [-0.25, -0.2) is 14.4 Å². The molecule has 2 aromatic heterocycles. The van der Waals surface area contributed by atoms with E-state index in [-0.39, 0.29) is 5.82 Å². The highest BCUT2D eigenvalue weighted by molar-refractivity contribution is 7.99. The van der Waals surface area contributed by atoms with Crippen LogP contribution in [0.15, 0.2) is 88.0 Å². The van der Waals surface area contributed by atoms with Gasteiger partial charge in [0.1, 0.15) is 10.8 Å². The Morgan fingerprint density at radius 3 is 2.44 bits per heavy atom. The average Bonchev–Trinajstić information content (AvgIpc) is 3.14. The maximum Gasteiger partial charge on any atom is 0.166 e. The van der Waals surface area contributed by atoms with Crippen LogP contribution < -0.4 is 0 Å². The first kappa shape index (κ1) is 17.8. The Kier molecular flexibility index (Phi) is 5.27. The Bertz CT molecular complexity index is 1050. The Morgan fingerprint density at radius 2 is 1.70 bits per heavy atom. The number of imidazole rings is 1. The highest BCUT2D eigenvalue weighted by Gasteiger charge is 2.15. The zero-order chi connectivity index (χ0) is 18.6. The lowest BCUT2D eigenvalue weighted by Crippen LogP contribution is -1.87. The minimum absolute atomic E-state index is 0.254. The molecular formula is C21H16FN3S2. The van der Waals surface area contributed by atoms with Crippen molar-refractivity contribution in [3.63, 3.8) is 0 Å². The molecule has 0 spiro atoms. The van der Waals surface area contributed by atoms with Crippen LogP contribution in [0, 0.1) is 5.82 Å². The number of aromatic nitrogens is 3. The SMILES string of the molecule is CSc1nc(-c2ccnc(Sc3ccccc3)c2)c(-c2ccc(F)cc2)[nH]1. The quantitative estimate of drug-likeness (QED) is 0.413. The van der Waals surface area contributed by atoms with E-state index in [0.29, 0.717) is 0 Å². The molecular weight excluding hydrogens is 377 g/mol. The van der Waals surface area contributed by atoms with Crippen molar-refractivity contribution in [3.05, 3.63) is 78.7 Å². The minimum Gasteiger partial charge on any atom is -0.332 e. The molecule has 0 aliphatic heterocycles. The summed E-state index contributed by atoms with van der Waals surface area (Å²) in [6, 6.07) is 20.6. The van der Waals surface area contributed by atoms with Crippen LogP contribution in [0.1, 0.15) is 0 Å². The van der Waals surface area contributed by atoms with Crippen molar-refractivity contribution >= 4 is 23.5 Å². The van der Waals surface area contributed by atoms with E-state index in [2.05, 4.69) is 22.1 Å².